The Labute approximate surface area is 216 Å². The number of aromatic nitrogens is 1. The number of fused-ring (bicyclic) bond motifs is 1. The minimum absolute atomic E-state index is 0.00187. The number of benzene rings is 3. The molecule has 0 aliphatic carbocycles. The van der Waals surface area contributed by atoms with Crippen molar-refractivity contribution in [2.24, 2.45) is 0 Å². The number of nitrogens with one attached hydrogen (secondary N) is 1. The highest BCUT2D eigenvalue weighted by molar-refractivity contribution is 5.95. The van der Waals surface area contributed by atoms with Gasteiger partial charge in [-0.15, -0.1) is 0 Å². The number of ether oxygens (including phenoxy) is 1. The zero-order valence-corrected chi connectivity index (χ0v) is 20.8. The van der Waals surface area contributed by atoms with E-state index in [-0.39, 0.29) is 24.5 Å². The van der Waals surface area contributed by atoms with Gasteiger partial charge in [-0.2, -0.15) is 0 Å². The molecule has 0 saturated carbocycles. The van der Waals surface area contributed by atoms with Gasteiger partial charge < -0.3 is 15.0 Å². The molecule has 0 spiro atoms. The Morgan fingerprint density at radius 1 is 0.973 bits per heavy atom. The molecule has 1 aliphatic heterocycles. The average molecular weight is 492 g/mol. The van der Waals surface area contributed by atoms with Gasteiger partial charge in [-0.1, -0.05) is 60.2 Å². The third-order valence-corrected chi connectivity index (χ3v) is 6.55. The molecule has 1 atom stereocenters. The van der Waals surface area contributed by atoms with E-state index in [4.69, 9.17) is 4.74 Å². The van der Waals surface area contributed by atoms with Gasteiger partial charge in [0.2, 0.25) is 0 Å². The van der Waals surface area contributed by atoms with Crippen molar-refractivity contribution in [2.45, 2.75) is 25.9 Å². The third kappa shape index (κ3) is 5.70. The number of aryl methyl sites for hydroxylation is 1. The lowest BCUT2D eigenvalue weighted by Crippen LogP contribution is -2.40. The number of hydrogen-bond donors (Lipinski definition) is 1. The predicted octanol–water partition coefficient (Wildman–Crippen LogP) is 4.87. The van der Waals surface area contributed by atoms with Crippen molar-refractivity contribution in [2.75, 3.05) is 13.2 Å². The van der Waals surface area contributed by atoms with Crippen LogP contribution in [0.15, 0.2) is 97.2 Å². The second-order valence-electron chi connectivity index (χ2n) is 9.18. The summed E-state index contributed by atoms with van der Waals surface area (Å²) in [5, 5.41) is 2.83. The summed E-state index contributed by atoms with van der Waals surface area (Å²) in [4.78, 5) is 32.1. The minimum atomic E-state index is -0.252. The Morgan fingerprint density at radius 2 is 1.81 bits per heavy atom. The molecule has 2 heterocycles. The van der Waals surface area contributed by atoms with Crippen molar-refractivity contribution in [3.8, 4) is 5.75 Å². The fourth-order valence-electron chi connectivity index (χ4n) is 4.74. The Hall–Kier alpha value is -4.45. The maximum atomic E-state index is 13.6. The fourth-order valence-corrected chi connectivity index (χ4v) is 4.74. The Morgan fingerprint density at radius 3 is 2.59 bits per heavy atom. The maximum absolute atomic E-state index is 13.6. The van der Waals surface area contributed by atoms with Gasteiger partial charge in [0.05, 0.1) is 18.3 Å². The van der Waals surface area contributed by atoms with Gasteiger partial charge in [-0.25, -0.2) is 0 Å². The number of amides is 2. The van der Waals surface area contributed by atoms with Crippen LogP contribution in [0.4, 0.5) is 0 Å². The molecule has 6 heteroatoms. The molecule has 0 radical (unpaired) electrons. The summed E-state index contributed by atoms with van der Waals surface area (Å²) in [6.07, 6.45) is 2.45. The van der Waals surface area contributed by atoms with Gasteiger partial charge in [0.25, 0.3) is 11.8 Å². The molecular formula is C31H29N3O3. The Balaban J connectivity index is 1.38. The molecule has 6 nitrogen and oxygen atoms in total. The summed E-state index contributed by atoms with van der Waals surface area (Å²) in [7, 11) is 0. The molecule has 2 amide bonds. The third-order valence-electron chi connectivity index (χ3n) is 6.55. The summed E-state index contributed by atoms with van der Waals surface area (Å²) in [5.74, 6) is 0.371. The molecule has 1 N–H and O–H groups in total. The first-order valence-electron chi connectivity index (χ1n) is 12.4. The minimum Gasteiger partial charge on any atom is -0.484 e. The van der Waals surface area contributed by atoms with Crippen LogP contribution < -0.4 is 10.1 Å². The molecule has 1 aromatic heterocycles. The molecular weight excluding hydrogens is 462 g/mol. The average Bonchev–Trinajstić information content (AvgIpc) is 2.95. The topological polar surface area (TPSA) is 71.5 Å². The van der Waals surface area contributed by atoms with E-state index < -0.39 is 0 Å². The first-order chi connectivity index (χ1) is 18.1. The van der Waals surface area contributed by atoms with E-state index in [1.54, 1.807) is 6.20 Å². The molecule has 0 saturated heterocycles. The first kappa shape index (κ1) is 24.3. The lowest BCUT2D eigenvalue weighted by Gasteiger charge is -2.38. The Kier molecular flexibility index (Phi) is 7.26. The van der Waals surface area contributed by atoms with E-state index in [0.717, 1.165) is 28.8 Å². The lowest BCUT2D eigenvalue weighted by atomic mass is 9.87. The summed E-state index contributed by atoms with van der Waals surface area (Å²) in [6.45, 7) is 2.92. The molecule has 3 aromatic carbocycles. The van der Waals surface area contributed by atoms with Crippen molar-refractivity contribution >= 4 is 11.8 Å². The van der Waals surface area contributed by atoms with Gasteiger partial charge in [-0.05, 0) is 66.4 Å². The highest BCUT2D eigenvalue weighted by atomic mass is 16.5. The van der Waals surface area contributed by atoms with Crippen LogP contribution >= 0.6 is 0 Å². The van der Waals surface area contributed by atoms with Crippen molar-refractivity contribution in [3.63, 3.8) is 0 Å². The van der Waals surface area contributed by atoms with Crippen molar-refractivity contribution in [1.29, 1.82) is 0 Å². The number of carbonyl (C=O) groups is 2. The number of pyridine rings is 1. The summed E-state index contributed by atoms with van der Waals surface area (Å²) >= 11 is 0. The van der Waals surface area contributed by atoms with Crippen LogP contribution in [0, 0.1) is 6.92 Å². The summed E-state index contributed by atoms with van der Waals surface area (Å²) in [6, 6.07) is 28.9. The smallest absolute Gasteiger partial charge is 0.258 e. The molecule has 1 aliphatic rings. The van der Waals surface area contributed by atoms with E-state index >= 15 is 0 Å². The molecule has 5 rings (SSSR count). The highest BCUT2D eigenvalue weighted by Crippen LogP contribution is 2.38. The maximum Gasteiger partial charge on any atom is 0.258 e. The number of nitrogens with zero attached hydrogens (tertiary/aromatic N) is 2. The van der Waals surface area contributed by atoms with Crippen LogP contribution in [0.1, 0.15) is 44.3 Å². The largest absolute Gasteiger partial charge is 0.484 e. The van der Waals surface area contributed by atoms with E-state index in [0.29, 0.717) is 24.4 Å². The fraction of sp³-hybridized carbons (Fsp3) is 0.194. The highest BCUT2D eigenvalue weighted by Gasteiger charge is 2.33. The van der Waals surface area contributed by atoms with Gasteiger partial charge in [0, 0.05) is 18.3 Å². The van der Waals surface area contributed by atoms with Crippen LogP contribution in [0.3, 0.4) is 0 Å². The van der Waals surface area contributed by atoms with Crippen LogP contribution in [-0.2, 0) is 17.8 Å². The molecule has 186 valence electrons. The van der Waals surface area contributed by atoms with Gasteiger partial charge in [0.15, 0.2) is 6.61 Å². The summed E-state index contributed by atoms with van der Waals surface area (Å²) < 4.78 is 5.87. The van der Waals surface area contributed by atoms with Crippen molar-refractivity contribution in [1.82, 2.24) is 15.2 Å². The Bertz CT molecular complexity index is 1390. The standard InChI is InChI=1S/C31H29N3O3/c1-22-8-7-11-25(18-22)30-28-19-27(37-21-29(35)33-20-26-12-5-6-16-32-26)14-13-23(28)15-17-34(30)31(36)24-9-3-2-4-10-24/h2-14,16,18-19,30H,15,17,20-21H2,1H3,(H,33,35)/t30-/m0/s1. The molecule has 0 unspecified atom stereocenters. The van der Waals surface area contributed by atoms with Crippen LogP contribution in [-0.4, -0.2) is 34.8 Å². The molecule has 4 aromatic rings. The molecule has 0 fully saturated rings. The number of carbonyl (C=O) groups excluding carboxylic acids is 2. The normalized spacial score (nSPS) is 14.5. The van der Waals surface area contributed by atoms with E-state index in [2.05, 4.69) is 35.4 Å². The van der Waals surface area contributed by atoms with E-state index in [9.17, 15) is 9.59 Å². The first-order valence-corrected chi connectivity index (χ1v) is 12.4. The van der Waals surface area contributed by atoms with Gasteiger partial charge >= 0.3 is 0 Å². The zero-order valence-electron chi connectivity index (χ0n) is 20.8. The van der Waals surface area contributed by atoms with Crippen molar-refractivity contribution in [3.05, 3.63) is 131 Å². The lowest BCUT2D eigenvalue weighted by molar-refractivity contribution is -0.123. The van der Waals surface area contributed by atoms with Crippen LogP contribution in [0.25, 0.3) is 0 Å². The van der Waals surface area contributed by atoms with E-state index in [1.165, 1.54) is 5.56 Å². The predicted molar refractivity (Wildman–Crippen MR) is 142 cm³/mol. The van der Waals surface area contributed by atoms with Crippen LogP contribution in [0.5, 0.6) is 5.75 Å². The monoisotopic (exact) mass is 491 g/mol. The molecule has 37 heavy (non-hydrogen) atoms. The second kappa shape index (κ2) is 11.1. The van der Waals surface area contributed by atoms with Crippen molar-refractivity contribution < 1.29 is 14.3 Å². The van der Waals surface area contributed by atoms with Gasteiger partial charge in [0.1, 0.15) is 5.75 Å². The second-order valence-corrected chi connectivity index (χ2v) is 9.18. The summed E-state index contributed by atoms with van der Waals surface area (Å²) in [5.41, 5.74) is 5.83. The van der Waals surface area contributed by atoms with E-state index in [1.807, 2.05) is 77.7 Å². The quantitative estimate of drug-likeness (QED) is 0.400. The SMILES string of the molecule is Cc1cccc([C@H]2c3cc(OCC(=O)NCc4ccccn4)ccc3CCN2C(=O)c2ccccc2)c1. The van der Waals surface area contributed by atoms with Gasteiger partial charge in [-0.3, -0.25) is 14.6 Å². The van der Waals surface area contributed by atoms with Crippen LogP contribution in [0.2, 0.25) is 0 Å². The zero-order chi connectivity index (χ0) is 25.6. The number of hydrogen-bond acceptors (Lipinski definition) is 4. The number of rotatable bonds is 7. The molecule has 0 bridgehead atoms.